The SMILES string of the molecule is CN1CCCCC(C#N)C1=O. The van der Waals surface area contributed by atoms with E-state index in [1.165, 1.54) is 0 Å². The fraction of sp³-hybridized carbons (Fsp3) is 0.750. The van der Waals surface area contributed by atoms with Gasteiger partial charge in [0.2, 0.25) is 5.91 Å². The Balaban J connectivity index is 2.66. The van der Waals surface area contributed by atoms with E-state index in [1.807, 2.05) is 6.07 Å². The molecule has 1 heterocycles. The lowest BCUT2D eigenvalue weighted by Gasteiger charge is -2.14. The van der Waals surface area contributed by atoms with Crippen LogP contribution < -0.4 is 0 Å². The van der Waals surface area contributed by atoms with Crippen molar-refractivity contribution in [3.63, 3.8) is 0 Å². The van der Waals surface area contributed by atoms with Gasteiger partial charge in [0.25, 0.3) is 0 Å². The largest absolute Gasteiger partial charge is 0.345 e. The third-order valence-corrected chi connectivity index (χ3v) is 2.07. The predicted octanol–water partition coefficient (Wildman–Crippen LogP) is 0.768. The van der Waals surface area contributed by atoms with Crippen LogP contribution in [0.25, 0.3) is 0 Å². The minimum atomic E-state index is -0.387. The van der Waals surface area contributed by atoms with Crippen molar-refractivity contribution in [2.75, 3.05) is 13.6 Å². The number of hydrogen-bond donors (Lipinski definition) is 0. The van der Waals surface area contributed by atoms with E-state index in [0.717, 1.165) is 25.8 Å². The van der Waals surface area contributed by atoms with Crippen molar-refractivity contribution in [3.8, 4) is 6.07 Å². The molecule has 1 amide bonds. The molecule has 0 aromatic heterocycles. The number of carbonyl (C=O) groups excluding carboxylic acids is 1. The normalized spacial score (nSPS) is 26.0. The molecule has 1 aliphatic rings. The Kier molecular flexibility index (Phi) is 2.48. The third kappa shape index (κ3) is 1.70. The van der Waals surface area contributed by atoms with E-state index in [4.69, 9.17) is 5.26 Å². The molecule has 1 aliphatic heterocycles. The quantitative estimate of drug-likeness (QED) is 0.514. The highest BCUT2D eigenvalue weighted by Gasteiger charge is 2.23. The zero-order chi connectivity index (χ0) is 8.27. The number of carbonyl (C=O) groups is 1. The van der Waals surface area contributed by atoms with Gasteiger partial charge in [-0.3, -0.25) is 4.79 Å². The van der Waals surface area contributed by atoms with E-state index in [1.54, 1.807) is 11.9 Å². The molecule has 1 fully saturated rings. The number of rotatable bonds is 0. The van der Waals surface area contributed by atoms with Gasteiger partial charge in [0, 0.05) is 13.6 Å². The summed E-state index contributed by atoms with van der Waals surface area (Å²) < 4.78 is 0. The molecule has 0 bridgehead atoms. The molecule has 0 saturated carbocycles. The first-order valence-electron chi connectivity index (χ1n) is 3.90. The second kappa shape index (κ2) is 3.38. The molecule has 1 unspecified atom stereocenters. The number of nitriles is 1. The summed E-state index contributed by atoms with van der Waals surface area (Å²) in [4.78, 5) is 12.9. The van der Waals surface area contributed by atoms with Crippen LogP contribution in [0.3, 0.4) is 0 Å². The van der Waals surface area contributed by atoms with Gasteiger partial charge in [-0.2, -0.15) is 5.26 Å². The van der Waals surface area contributed by atoms with Crippen molar-refractivity contribution in [2.24, 2.45) is 5.92 Å². The van der Waals surface area contributed by atoms with Crippen LogP contribution in [0.5, 0.6) is 0 Å². The molecule has 0 aromatic carbocycles. The van der Waals surface area contributed by atoms with Gasteiger partial charge in [0.05, 0.1) is 6.07 Å². The van der Waals surface area contributed by atoms with Gasteiger partial charge in [-0.1, -0.05) is 0 Å². The monoisotopic (exact) mass is 152 g/mol. The minimum absolute atomic E-state index is 0.00926. The molecule has 1 atom stereocenters. The summed E-state index contributed by atoms with van der Waals surface area (Å²) in [6, 6.07) is 2.03. The Morgan fingerprint density at radius 2 is 2.36 bits per heavy atom. The Hall–Kier alpha value is -1.04. The average molecular weight is 152 g/mol. The molecule has 60 valence electrons. The van der Waals surface area contributed by atoms with Crippen molar-refractivity contribution in [1.29, 1.82) is 5.26 Å². The summed E-state index contributed by atoms with van der Waals surface area (Å²) in [6.07, 6.45) is 2.76. The predicted molar refractivity (Wildman–Crippen MR) is 40.6 cm³/mol. The Labute approximate surface area is 66.6 Å². The molecule has 3 heteroatoms. The van der Waals surface area contributed by atoms with Gasteiger partial charge >= 0.3 is 0 Å². The lowest BCUT2D eigenvalue weighted by Crippen LogP contribution is -2.30. The molecule has 0 N–H and O–H groups in total. The molecule has 3 nitrogen and oxygen atoms in total. The zero-order valence-corrected chi connectivity index (χ0v) is 6.71. The molecule has 1 rings (SSSR count). The molecule has 0 aliphatic carbocycles. The van der Waals surface area contributed by atoms with E-state index in [-0.39, 0.29) is 11.8 Å². The molecule has 0 radical (unpaired) electrons. The molecule has 0 spiro atoms. The van der Waals surface area contributed by atoms with E-state index in [2.05, 4.69) is 0 Å². The summed E-state index contributed by atoms with van der Waals surface area (Å²) in [6.45, 7) is 0.803. The standard InChI is InChI=1S/C8H12N2O/c1-10-5-3-2-4-7(6-9)8(10)11/h7H,2-5H2,1H3. The van der Waals surface area contributed by atoms with Gasteiger partial charge < -0.3 is 4.90 Å². The van der Waals surface area contributed by atoms with Crippen molar-refractivity contribution in [2.45, 2.75) is 19.3 Å². The van der Waals surface area contributed by atoms with E-state index in [9.17, 15) is 4.79 Å². The Morgan fingerprint density at radius 1 is 1.64 bits per heavy atom. The Bertz CT molecular complexity index is 195. The fourth-order valence-corrected chi connectivity index (χ4v) is 1.32. The van der Waals surface area contributed by atoms with Gasteiger partial charge in [-0.05, 0) is 19.3 Å². The first kappa shape index (κ1) is 8.06. The molecule has 11 heavy (non-hydrogen) atoms. The summed E-state index contributed by atoms with van der Waals surface area (Å²) in [5.41, 5.74) is 0. The third-order valence-electron chi connectivity index (χ3n) is 2.07. The topological polar surface area (TPSA) is 44.1 Å². The highest BCUT2D eigenvalue weighted by Crippen LogP contribution is 2.15. The maximum absolute atomic E-state index is 11.3. The van der Waals surface area contributed by atoms with Crippen LogP contribution in [-0.4, -0.2) is 24.4 Å². The van der Waals surface area contributed by atoms with E-state index >= 15 is 0 Å². The van der Waals surface area contributed by atoms with E-state index < -0.39 is 0 Å². The highest BCUT2D eigenvalue weighted by molar-refractivity contribution is 5.81. The van der Waals surface area contributed by atoms with Crippen molar-refractivity contribution in [3.05, 3.63) is 0 Å². The second-order valence-corrected chi connectivity index (χ2v) is 2.94. The van der Waals surface area contributed by atoms with Crippen LogP contribution >= 0.6 is 0 Å². The number of amides is 1. The number of nitrogens with zero attached hydrogens (tertiary/aromatic N) is 2. The number of likely N-dealkylation sites (tertiary alicyclic amines) is 1. The molecule has 1 saturated heterocycles. The zero-order valence-electron chi connectivity index (χ0n) is 6.71. The van der Waals surface area contributed by atoms with Crippen LogP contribution in [0.1, 0.15) is 19.3 Å². The van der Waals surface area contributed by atoms with Gasteiger partial charge in [-0.25, -0.2) is 0 Å². The van der Waals surface area contributed by atoms with Crippen LogP contribution in [-0.2, 0) is 4.79 Å². The first-order valence-corrected chi connectivity index (χ1v) is 3.90. The van der Waals surface area contributed by atoms with E-state index in [0.29, 0.717) is 0 Å². The fourth-order valence-electron chi connectivity index (χ4n) is 1.32. The summed E-state index contributed by atoms with van der Waals surface area (Å²) >= 11 is 0. The lowest BCUT2D eigenvalue weighted by atomic mass is 10.1. The van der Waals surface area contributed by atoms with Crippen molar-refractivity contribution in [1.82, 2.24) is 4.90 Å². The van der Waals surface area contributed by atoms with Crippen LogP contribution in [0.4, 0.5) is 0 Å². The molecular formula is C8H12N2O. The lowest BCUT2D eigenvalue weighted by molar-refractivity contribution is -0.131. The smallest absolute Gasteiger partial charge is 0.239 e. The average Bonchev–Trinajstić information content (AvgIpc) is 2.16. The number of hydrogen-bond acceptors (Lipinski definition) is 2. The van der Waals surface area contributed by atoms with Gasteiger partial charge in [-0.15, -0.1) is 0 Å². The van der Waals surface area contributed by atoms with Gasteiger partial charge in [0.15, 0.2) is 0 Å². The minimum Gasteiger partial charge on any atom is -0.345 e. The summed E-state index contributed by atoms with van der Waals surface area (Å²) in [5.74, 6) is -0.396. The Morgan fingerprint density at radius 3 is 3.00 bits per heavy atom. The highest BCUT2D eigenvalue weighted by atomic mass is 16.2. The van der Waals surface area contributed by atoms with Crippen molar-refractivity contribution < 1.29 is 4.79 Å². The first-order chi connectivity index (χ1) is 5.25. The van der Waals surface area contributed by atoms with Crippen molar-refractivity contribution >= 4 is 5.91 Å². The van der Waals surface area contributed by atoms with Gasteiger partial charge in [0.1, 0.15) is 5.92 Å². The maximum Gasteiger partial charge on any atom is 0.239 e. The summed E-state index contributed by atoms with van der Waals surface area (Å²) in [5, 5.41) is 8.61. The second-order valence-electron chi connectivity index (χ2n) is 2.94. The van der Waals surface area contributed by atoms with Crippen LogP contribution in [0, 0.1) is 17.2 Å². The maximum atomic E-state index is 11.3. The van der Waals surface area contributed by atoms with Crippen LogP contribution in [0.15, 0.2) is 0 Å². The molecule has 0 aromatic rings. The molecular weight excluding hydrogens is 140 g/mol. The summed E-state index contributed by atoms with van der Waals surface area (Å²) in [7, 11) is 1.76. The van der Waals surface area contributed by atoms with Crippen LogP contribution in [0.2, 0.25) is 0 Å².